The van der Waals surface area contributed by atoms with Gasteiger partial charge < -0.3 is 0 Å². The zero-order chi connectivity index (χ0) is 20.1. The molecule has 0 radical (unpaired) electrons. The number of rotatable bonds is 3. The monoisotopic (exact) mass is 397 g/mol. The van der Waals surface area contributed by atoms with E-state index in [1.165, 1.54) is 11.1 Å². The zero-order valence-corrected chi connectivity index (χ0v) is 18.4. The van der Waals surface area contributed by atoms with E-state index < -0.39 is 7.49 Å². The Morgan fingerprint density at radius 1 is 1.14 bits per heavy atom. The Bertz CT molecular complexity index is 887. The predicted molar refractivity (Wildman–Crippen MR) is 117 cm³/mol. The second kappa shape index (κ2) is 6.98. The Labute approximate surface area is 168 Å². The molecular weight excluding hydrogens is 368 g/mol. The third kappa shape index (κ3) is 3.52. The Morgan fingerprint density at radius 2 is 1.79 bits per heavy atom. The Balaban J connectivity index is 1.45. The molecule has 0 spiro atoms. The molecule has 0 saturated carbocycles. The minimum atomic E-state index is -1.91. The van der Waals surface area contributed by atoms with Gasteiger partial charge in [0.15, 0.2) is 0 Å². The molecule has 2 aliphatic heterocycles. The molecule has 0 bridgehead atoms. The van der Waals surface area contributed by atoms with Crippen molar-refractivity contribution in [1.29, 1.82) is 0 Å². The van der Waals surface area contributed by atoms with E-state index in [-0.39, 0.29) is 18.4 Å². The van der Waals surface area contributed by atoms with Crippen LogP contribution in [0.15, 0.2) is 42.5 Å². The molecule has 28 heavy (non-hydrogen) atoms. The van der Waals surface area contributed by atoms with Gasteiger partial charge in [0.05, 0.1) is 0 Å². The summed E-state index contributed by atoms with van der Waals surface area (Å²) in [5, 5.41) is -0.219. The summed E-state index contributed by atoms with van der Waals surface area (Å²) < 4.78 is 12.5. The van der Waals surface area contributed by atoms with Gasteiger partial charge in [-0.1, -0.05) is 12.1 Å². The first-order valence-corrected chi connectivity index (χ1v) is 12.9. The van der Waals surface area contributed by atoms with Crippen molar-refractivity contribution in [1.82, 2.24) is 4.90 Å². The van der Waals surface area contributed by atoms with E-state index in [9.17, 15) is 4.79 Å². The van der Waals surface area contributed by atoms with Crippen LogP contribution >= 0.6 is 7.49 Å². The van der Waals surface area contributed by atoms with E-state index >= 15 is 0 Å². The third-order valence-electron chi connectivity index (χ3n) is 6.39. The van der Waals surface area contributed by atoms with E-state index in [1.807, 2.05) is 23.1 Å². The molecule has 0 atom stereocenters. The standard InChI is InChI=1S/C22H29BNO3P/c1-16-12-17(10-11-20(16)23-26-22(2,3)28(4,5)27-23)13-21(25)24-14-18-8-6-7-9-19(18)15-24/h6-12,28H,13-15H2,1-5H3. The van der Waals surface area contributed by atoms with Gasteiger partial charge in [0.25, 0.3) is 0 Å². The number of carbonyl (C=O) groups excluding carboxylic acids is 1. The first-order chi connectivity index (χ1) is 13.2. The summed E-state index contributed by atoms with van der Waals surface area (Å²) in [5.41, 5.74) is 5.73. The van der Waals surface area contributed by atoms with Crippen LogP contribution in [0.5, 0.6) is 0 Å². The molecule has 2 heterocycles. The third-order valence-corrected chi connectivity index (χ3v) is 10.2. The van der Waals surface area contributed by atoms with E-state index in [4.69, 9.17) is 9.10 Å². The fraction of sp³-hybridized carbons (Fsp3) is 0.409. The molecule has 148 valence electrons. The average Bonchev–Trinajstić information content (AvgIpc) is 3.13. The molecule has 2 aromatic rings. The fourth-order valence-corrected chi connectivity index (χ4v) is 5.26. The van der Waals surface area contributed by atoms with Crippen LogP contribution in [-0.2, 0) is 33.4 Å². The molecule has 2 aromatic carbocycles. The molecule has 4 rings (SSSR count). The van der Waals surface area contributed by atoms with Crippen LogP contribution in [0.1, 0.15) is 36.1 Å². The van der Waals surface area contributed by atoms with Crippen LogP contribution in [-0.4, -0.2) is 36.6 Å². The van der Waals surface area contributed by atoms with Gasteiger partial charge in [-0.05, 0) is 0 Å². The summed E-state index contributed by atoms with van der Waals surface area (Å²) in [4.78, 5) is 14.7. The number of hydrogen-bond donors (Lipinski definition) is 0. The second-order valence-corrected chi connectivity index (χ2v) is 13.4. The van der Waals surface area contributed by atoms with Crippen molar-refractivity contribution in [2.45, 2.75) is 45.6 Å². The second-order valence-electron chi connectivity index (χ2n) is 8.97. The van der Waals surface area contributed by atoms with Crippen LogP contribution in [0.2, 0.25) is 0 Å². The average molecular weight is 397 g/mol. The first kappa shape index (κ1) is 19.6. The van der Waals surface area contributed by atoms with Crippen molar-refractivity contribution in [3.8, 4) is 0 Å². The first-order valence-electron chi connectivity index (χ1n) is 9.96. The number of nitrogens with zero attached hydrogens (tertiary/aromatic N) is 1. The van der Waals surface area contributed by atoms with Crippen molar-refractivity contribution >= 4 is 26.0 Å². The Morgan fingerprint density at radius 3 is 2.32 bits per heavy atom. The number of hydrogen-bond acceptors (Lipinski definition) is 3. The van der Waals surface area contributed by atoms with Gasteiger partial charge >= 0.3 is 156 Å². The fourth-order valence-electron chi connectivity index (χ4n) is 3.88. The van der Waals surface area contributed by atoms with E-state index in [2.05, 4.69) is 58.4 Å². The maximum absolute atomic E-state index is 12.8. The quantitative estimate of drug-likeness (QED) is 0.588. The van der Waals surface area contributed by atoms with E-state index in [0.717, 1.165) is 16.6 Å². The molecule has 6 heteroatoms. The molecule has 0 aromatic heterocycles. The van der Waals surface area contributed by atoms with Crippen molar-refractivity contribution < 1.29 is 13.9 Å². The van der Waals surface area contributed by atoms with Crippen LogP contribution < -0.4 is 5.46 Å². The molecule has 1 amide bonds. The summed E-state index contributed by atoms with van der Waals surface area (Å²) in [6, 6.07) is 14.5. The number of fused-ring (bicyclic) bond motifs is 1. The maximum atomic E-state index is 12.8. The van der Waals surface area contributed by atoms with Crippen LogP contribution in [0.25, 0.3) is 0 Å². The minimum absolute atomic E-state index is 0.173. The van der Waals surface area contributed by atoms with Gasteiger partial charge in [0, 0.05) is 0 Å². The van der Waals surface area contributed by atoms with Crippen LogP contribution in [0.4, 0.5) is 0 Å². The zero-order valence-electron chi connectivity index (χ0n) is 17.4. The predicted octanol–water partition coefficient (Wildman–Crippen LogP) is 3.48. The molecular formula is C22H29BNO3P. The molecule has 1 fully saturated rings. The summed E-state index contributed by atoms with van der Waals surface area (Å²) in [5.74, 6) is 0.173. The van der Waals surface area contributed by atoms with Crippen molar-refractivity contribution in [3.63, 3.8) is 0 Å². The Kier molecular flexibility index (Phi) is 4.90. The van der Waals surface area contributed by atoms with Crippen molar-refractivity contribution in [2.75, 3.05) is 13.3 Å². The number of carbonyl (C=O) groups is 1. The molecule has 0 N–H and O–H groups in total. The van der Waals surface area contributed by atoms with Gasteiger partial charge in [-0.2, -0.15) is 0 Å². The van der Waals surface area contributed by atoms with Gasteiger partial charge in [-0.3, -0.25) is 0 Å². The van der Waals surface area contributed by atoms with Crippen molar-refractivity contribution in [2.24, 2.45) is 0 Å². The summed E-state index contributed by atoms with van der Waals surface area (Å²) in [7, 11) is -2.22. The van der Waals surface area contributed by atoms with E-state index in [1.54, 1.807) is 0 Å². The van der Waals surface area contributed by atoms with E-state index in [0.29, 0.717) is 19.5 Å². The summed E-state index contributed by atoms with van der Waals surface area (Å²) in [6.07, 6.45) is 0.424. The summed E-state index contributed by atoms with van der Waals surface area (Å²) >= 11 is 0. The number of aryl methyl sites for hydroxylation is 1. The molecule has 0 aliphatic carbocycles. The molecule has 1 saturated heterocycles. The SMILES string of the molecule is Cc1cc(CC(=O)N2Cc3ccccc3C2)ccc1B1OC(C)(C)[PH](C)(C)O1. The summed E-state index contributed by atoms with van der Waals surface area (Å²) in [6.45, 7) is 12.1. The molecule has 0 unspecified atom stereocenters. The molecule has 2 aliphatic rings. The van der Waals surface area contributed by atoms with Gasteiger partial charge in [-0.25, -0.2) is 0 Å². The van der Waals surface area contributed by atoms with Crippen molar-refractivity contribution in [3.05, 3.63) is 64.7 Å². The van der Waals surface area contributed by atoms with Crippen LogP contribution in [0.3, 0.4) is 0 Å². The topological polar surface area (TPSA) is 38.8 Å². The van der Waals surface area contributed by atoms with Gasteiger partial charge in [-0.15, -0.1) is 0 Å². The van der Waals surface area contributed by atoms with Crippen LogP contribution in [0, 0.1) is 6.92 Å². The van der Waals surface area contributed by atoms with Gasteiger partial charge in [0.2, 0.25) is 0 Å². The number of amides is 1. The number of benzene rings is 2. The molecule has 4 nitrogen and oxygen atoms in total. The van der Waals surface area contributed by atoms with Gasteiger partial charge in [0.1, 0.15) is 0 Å². The Hall–Kier alpha value is -1.68. The normalized spacial score (nSPS) is 20.9.